The first-order valence-electron chi connectivity index (χ1n) is 10.1. The van der Waals surface area contributed by atoms with E-state index in [0.29, 0.717) is 0 Å². The van der Waals surface area contributed by atoms with E-state index < -0.39 is 14.3 Å². The molecule has 0 saturated carbocycles. The Bertz CT molecular complexity index is 1010. The molecule has 0 heterocycles. The van der Waals surface area contributed by atoms with Crippen molar-refractivity contribution in [2.24, 2.45) is 0 Å². The van der Waals surface area contributed by atoms with Gasteiger partial charge < -0.3 is 13.9 Å². The van der Waals surface area contributed by atoms with Gasteiger partial charge in [-0.25, -0.2) is 0 Å². The Morgan fingerprint density at radius 1 is 0.419 bits per heavy atom. The van der Waals surface area contributed by atoms with E-state index in [-0.39, 0.29) is 12.7 Å². The largest absolute Gasteiger partial charge is 0.365 e. The molecule has 0 N–H and O–H groups in total. The van der Waals surface area contributed by atoms with Crippen LogP contribution in [0.3, 0.4) is 0 Å². The first kappa shape index (κ1) is 21.5. The summed E-state index contributed by atoms with van der Waals surface area (Å²) in [5.74, 6) is 0. The zero-order chi connectivity index (χ0) is 21.6. The molecule has 0 aliphatic rings. The van der Waals surface area contributed by atoms with Gasteiger partial charge in [0.25, 0.3) is 0 Å². The van der Waals surface area contributed by atoms with Crippen LogP contribution in [-0.4, -0.2) is 12.7 Å². The molecule has 0 amide bonds. The minimum atomic E-state index is -3.04. The minimum absolute atomic E-state index is 0.00924. The molecule has 0 saturated heterocycles. The van der Waals surface area contributed by atoms with E-state index >= 15 is 0 Å². The van der Waals surface area contributed by atoms with Crippen LogP contribution in [-0.2, 0) is 13.9 Å². The van der Waals surface area contributed by atoms with Crippen molar-refractivity contribution >= 4 is 35.5 Å². The van der Waals surface area contributed by atoms with Crippen molar-refractivity contribution in [1.82, 2.24) is 0 Å². The van der Waals surface area contributed by atoms with Gasteiger partial charge in [-0.3, -0.25) is 0 Å². The standard InChI is InChI=1S/C26H24O3P2/c27-30(23-13-5-1-6-14-23,24-15-7-2-8-16-24)21-29-22-31(28,25-17-9-3-10-18-25)26-19-11-4-12-20-26/h1-20H,21-22H2. The summed E-state index contributed by atoms with van der Waals surface area (Å²) in [6, 6.07) is 37.6. The van der Waals surface area contributed by atoms with E-state index in [1.807, 2.05) is 121 Å². The predicted octanol–water partition coefficient (Wildman–Crippen LogP) is 4.95. The first-order chi connectivity index (χ1) is 15.1. The van der Waals surface area contributed by atoms with Gasteiger partial charge in [-0.1, -0.05) is 121 Å². The fraction of sp³-hybridized carbons (Fsp3) is 0.0769. The molecule has 0 radical (unpaired) electrons. The quantitative estimate of drug-likeness (QED) is 0.360. The van der Waals surface area contributed by atoms with Crippen LogP contribution in [0.1, 0.15) is 0 Å². The maximum absolute atomic E-state index is 14.2. The normalized spacial score (nSPS) is 11.9. The molecule has 0 unspecified atom stereocenters. The average molecular weight is 446 g/mol. The summed E-state index contributed by atoms with van der Waals surface area (Å²) in [6.45, 7) is 0. The molecule has 5 heteroatoms. The summed E-state index contributed by atoms with van der Waals surface area (Å²) < 4.78 is 34.4. The molecule has 0 aromatic heterocycles. The van der Waals surface area contributed by atoms with Gasteiger partial charge >= 0.3 is 0 Å². The van der Waals surface area contributed by atoms with Gasteiger partial charge in [0.1, 0.15) is 12.7 Å². The first-order valence-corrected chi connectivity index (χ1v) is 13.9. The van der Waals surface area contributed by atoms with Gasteiger partial charge in [-0.05, 0) is 0 Å². The van der Waals surface area contributed by atoms with Crippen molar-refractivity contribution in [1.29, 1.82) is 0 Å². The van der Waals surface area contributed by atoms with Gasteiger partial charge in [0.15, 0.2) is 14.3 Å². The molecule has 4 aromatic rings. The zero-order valence-electron chi connectivity index (χ0n) is 17.1. The molecule has 4 rings (SSSR count). The van der Waals surface area contributed by atoms with Gasteiger partial charge in [0.2, 0.25) is 0 Å². The Morgan fingerprint density at radius 2 is 0.645 bits per heavy atom. The molecule has 0 spiro atoms. The lowest BCUT2D eigenvalue weighted by atomic mass is 10.4. The highest BCUT2D eigenvalue weighted by Gasteiger charge is 2.31. The summed E-state index contributed by atoms with van der Waals surface area (Å²) in [6.07, 6.45) is -0.0185. The minimum Gasteiger partial charge on any atom is -0.365 e. The van der Waals surface area contributed by atoms with Crippen LogP contribution in [0.25, 0.3) is 0 Å². The van der Waals surface area contributed by atoms with Crippen LogP contribution < -0.4 is 21.2 Å². The lowest BCUT2D eigenvalue weighted by Gasteiger charge is -2.23. The molecule has 0 fully saturated rings. The molecule has 0 atom stereocenters. The van der Waals surface area contributed by atoms with Crippen LogP contribution in [0.2, 0.25) is 0 Å². The van der Waals surface area contributed by atoms with E-state index in [9.17, 15) is 9.13 Å². The number of benzene rings is 4. The lowest BCUT2D eigenvalue weighted by molar-refractivity contribution is 0.226. The topological polar surface area (TPSA) is 43.4 Å². The van der Waals surface area contributed by atoms with Crippen molar-refractivity contribution < 1.29 is 13.9 Å². The molecule has 4 aromatic carbocycles. The molecule has 0 aliphatic carbocycles. The van der Waals surface area contributed by atoms with E-state index in [1.54, 1.807) is 0 Å². The second-order valence-corrected chi connectivity index (χ2v) is 12.8. The molecule has 0 bridgehead atoms. The number of ether oxygens (including phenoxy) is 1. The van der Waals surface area contributed by atoms with Crippen molar-refractivity contribution in [3.8, 4) is 0 Å². The Morgan fingerprint density at radius 3 is 0.871 bits per heavy atom. The Hall–Kier alpha value is -2.70. The highest BCUT2D eigenvalue weighted by atomic mass is 31.2. The average Bonchev–Trinajstić information content (AvgIpc) is 2.86. The third kappa shape index (κ3) is 4.65. The van der Waals surface area contributed by atoms with Crippen molar-refractivity contribution in [2.45, 2.75) is 0 Å². The zero-order valence-corrected chi connectivity index (χ0v) is 18.9. The summed E-state index contributed by atoms with van der Waals surface area (Å²) in [5.41, 5.74) is 0. The number of hydrogen-bond acceptors (Lipinski definition) is 3. The smallest absolute Gasteiger partial charge is 0.167 e. The summed E-state index contributed by atoms with van der Waals surface area (Å²) in [4.78, 5) is 0. The third-order valence-corrected chi connectivity index (χ3v) is 10.9. The summed E-state index contributed by atoms with van der Waals surface area (Å²) in [7, 11) is -6.07. The highest BCUT2D eigenvalue weighted by Crippen LogP contribution is 2.47. The maximum Gasteiger partial charge on any atom is 0.167 e. The van der Waals surface area contributed by atoms with Gasteiger partial charge in [0, 0.05) is 21.2 Å². The van der Waals surface area contributed by atoms with E-state index in [4.69, 9.17) is 4.74 Å². The summed E-state index contributed by atoms with van der Waals surface area (Å²) >= 11 is 0. The predicted molar refractivity (Wildman–Crippen MR) is 130 cm³/mol. The SMILES string of the molecule is O=P(COCP(=O)(c1ccccc1)c1ccccc1)(c1ccccc1)c1ccccc1. The molecule has 156 valence electrons. The van der Waals surface area contributed by atoms with Crippen LogP contribution in [0.4, 0.5) is 0 Å². The van der Waals surface area contributed by atoms with Crippen molar-refractivity contribution in [3.63, 3.8) is 0 Å². The third-order valence-electron chi connectivity index (χ3n) is 5.24. The van der Waals surface area contributed by atoms with Crippen LogP contribution >= 0.6 is 14.3 Å². The second kappa shape index (κ2) is 9.62. The van der Waals surface area contributed by atoms with Crippen LogP contribution in [0.5, 0.6) is 0 Å². The summed E-state index contributed by atoms with van der Waals surface area (Å²) in [5, 5.41) is 2.93. The van der Waals surface area contributed by atoms with Gasteiger partial charge in [-0.15, -0.1) is 0 Å². The van der Waals surface area contributed by atoms with Gasteiger partial charge in [-0.2, -0.15) is 0 Å². The lowest BCUT2D eigenvalue weighted by Crippen LogP contribution is -2.23. The maximum atomic E-state index is 14.2. The molecule has 0 aliphatic heterocycles. The molecular weight excluding hydrogens is 422 g/mol. The van der Waals surface area contributed by atoms with E-state index in [0.717, 1.165) is 21.2 Å². The van der Waals surface area contributed by atoms with E-state index in [2.05, 4.69) is 0 Å². The molecule has 3 nitrogen and oxygen atoms in total. The number of rotatable bonds is 8. The highest BCUT2D eigenvalue weighted by molar-refractivity contribution is 7.79. The number of hydrogen-bond donors (Lipinski definition) is 0. The van der Waals surface area contributed by atoms with Crippen molar-refractivity contribution in [2.75, 3.05) is 12.7 Å². The Kier molecular flexibility index (Phi) is 6.68. The molecular formula is C26H24O3P2. The molecule has 31 heavy (non-hydrogen) atoms. The van der Waals surface area contributed by atoms with Crippen LogP contribution in [0.15, 0.2) is 121 Å². The Balaban J connectivity index is 1.66. The van der Waals surface area contributed by atoms with Gasteiger partial charge in [0.05, 0.1) is 0 Å². The second-order valence-electron chi connectivity index (χ2n) is 7.28. The monoisotopic (exact) mass is 446 g/mol. The fourth-order valence-corrected chi connectivity index (χ4v) is 8.22. The van der Waals surface area contributed by atoms with Crippen LogP contribution in [0, 0.1) is 0 Å². The Labute approximate surface area is 183 Å². The van der Waals surface area contributed by atoms with E-state index in [1.165, 1.54) is 0 Å². The van der Waals surface area contributed by atoms with Crippen molar-refractivity contribution in [3.05, 3.63) is 121 Å². The fourth-order valence-electron chi connectivity index (χ4n) is 3.57.